The molecule has 1 aromatic heterocycles. The molecule has 6 rings (SSSR count). The van der Waals surface area contributed by atoms with Crippen LogP contribution in [-0.2, 0) is 33.7 Å². The Bertz CT molecular complexity index is 1610. The zero-order valence-electron chi connectivity index (χ0n) is 29.3. The van der Waals surface area contributed by atoms with Crippen LogP contribution in [-0.4, -0.2) is 88.1 Å². The van der Waals surface area contributed by atoms with Gasteiger partial charge >= 0.3 is 0 Å². The van der Waals surface area contributed by atoms with Gasteiger partial charge in [-0.25, -0.2) is 14.6 Å². The zero-order valence-corrected chi connectivity index (χ0v) is 29.3. The molecule has 14 heteroatoms. The van der Waals surface area contributed by atoms with Crippen molar-refractivity contribution < 1.29 is 27.9 Å². The van der Waals surface area contributed by atoms with Gasteiger partial charge in [-0.3, -0.25) is 14.3 Å². The summed E-state index contributed by atoms with van der Waals surface area (Å²) in [4.78, 5) is 43.3. The van der Waals surface area contributed by atoms with Crippen LogP contribution in [0, 0.1) is 11.8 Å². The molecule has 0 spiro atoms. The number of hydrogen-bond acceptors (Lipinski definition) is 9. The summed E-state index contributed by atoms with van der Waals surface area (Å²) in [6, 6.07) is 2.81. The van der Waals surface area contributed by atoms with Crippen molar-refractivity contribution in [1.82, 2.24) is 24.6 Å². The number of aldehydes is 1. The summed E-state index contributed by atoms with van der Waals surface area (Å²) in [5.41, 5.74) is 10.2. The number of anilines is 2. The van der Waals surface area contributed by atoms with Gasteiger partial charge in [0.05, 0.1) is 12.6 Å². The van der Waals surface area contributed by atoms with Crippen molar-refractivity contribution in [3.8, 4) is 0 Å². The lowest BCUT2D eigenvalue weighted by atomic mass is 9.91. The SMILES string of the molecule is C.CC(=O)N1CCc2c(c(N3CCCc4cc(C(=O)N5CCC(/C(N)=C/N(N)C(C=O)C(C)C)CC5)c(C(F)F)cc43)nn2C2CCOCC2)C1. The summed E-state index contributed by atoms with van der Waals surface area (Å²) in [7, 11) is 0. The van der Waals surface area contributed by atoms with Crippen LogP contribution in [0.25, 0.3) is 0 Å². The summed E-state index contributed by atoms with van der Waals surface area (Å²) in [6.07, 6.45) is 4.40. The van der Waals surface area contributed by atoms with E-state index in [1.165, 1.54) is 11.1 Å². The highest BCUT2D eigenvalue weighted by atomic mass is 19.3. The number of aromatic nitrogens is 2. The fourth-order valence-electron chi connectivity index (χ4n) is 7.90. The quantitative estimate of drug-likeness (QED) is 0.212. The highest BCUT2D eigenvalue weighted by molar-refractivity contribution is 5.97. The van der Waals surface area contributed by atoms with Crippen LogP contribution in [0.2, 0.25) is 0 Å². The van der Waals surface area contributed by atoms with Crippen molar-refractivity contribution in [2.75, 3.05) is 44.3 Å². The molecule has 1 atom stereocenters. The summed E-state index contributed by atoms with van der Waals surface area (Å²) < 4.78 is 37.4. The van der Waals surface area contributed by atoms with Crippen molar-refractivity contribution in [2.24, 2.45) is 23.4 Å². The van der Waals surface area contributed by atoms with Gasteiger partial charge in [0.15, 0.2) is 5.82 Å². The average Bonchev–Trinajstić information content (AvgIpc) is 3.49. The Morgan fingerprint density at radius 3 is 2.37 bits per heavy atom. The Hall–Kier alpha value is -4.04. The molecule has 2 amide bonds. The smallest absolute Gasteiger partial charge is 0.264 e. The number of ether oxygens (including phenoxy) is 1. The summed E-state index contributed by atoms with van der Waals surface area (Å²) in [5.74, 6) is 6.33. The number of amides is 2. The molecule has 51 heavy (non-hydrogen) atoms. The minimum atomic E-state index is -2.86. The van der Waals surface area contributed by atoms with Crippen LogP contribution < -0.4 is 16.5 Å². The molecule has 4 aliphatic heterocycles. The predicted octanol–water partition coefficient (Wildman–Crippen LogP) is 4.85. The number of nitrogens with zero attached hydrogens (tertiary/aromatic N) is 6. The number of fused-ring (bicyclic) bond motifs is 2. The fourth-order valence-corrected chi connectivity index (χ4v) is 7.90. The normalized spacial score (nSPS) is 19.5. The lowest BCUT2D eigenvalue weighted by Gasteiger charge is -2.35. The fraction of sp³-hybridized carbons (Fsp3) is 0.622. The maximum absolute atomic E-state index is 14.8. The number of carbonyl (C=O) groups excluding carboxylic acids is 3. The first-order valence-corrected chi connectivity index (χ1v) is 17.9. The number of benzene rings is 1. The number of allylic oxidation sites excluding steroid dienone is 1. The number of aryl methyl sites for hydroxylation is 1. The number of piperidine rings is 1. The van der Waals surface area contributed by atoms with Crippen LogP contribution in [0.1, 0.15) is 106 Å². The van der Waals surface area contributed by atoms with E-state index >= 15 is 0 Å². The Balaban J connectivity index is 0.00000504. The molecular weight excluding hydrogens is 658 g/mol. The van der Waals surface area contributed by atoms with Gasteiger partial charge in [-0.2, -0.15) is 5.10 Å². The van der Waals surface area contributed by atoms with Crippen molar-refractivity contribution in [2.45, 2.75) is 98.2 Å². The second-order valence-electron chi connectivity index (χ2n) is 14.4. The van der Waals surface area contributed by atoms with Gasteiger partial charge in [0, 0.05) is 98.6 Å². The molecule has 0 saturated carbocycles. The zero-order chi connectivity index (χ0) is 35.7. The number of likely N-dealkylation sites (tertiary alicyclic amines) is 1. The number of halogens is 2. The third kappa shape index (κ3) is 7.76. The van der Waals surface area contributed by atoms with Crippen LogP contribution >= 0.6 is 0 Å². The van der Waals surface area contributed by atoms with E-state index in [4.69, 9.17) is 21.4 Å². The third-order valence-corrected chi connectivity index (χ3v) is 10.9. The van der Waals surface area contributed by atoms with Crippen LogP contribution in [0.15, 0.2) is 24.0 Å². The van der Waals surface area contributed by atoms with E-state index in [1.54, 1.807) is 24.1 Å². The molecule has 4 N–H and O–H groups in total. The van der Waals surface area contributed by atoms with Gasteiger partial charge < -0.3 is 35.0 Å². The Kier molecular flexibility index (Phi) is 12.1. The number of hydrazine groups is 1. The van der Waals surface area contributed by atoms with Gasteiger partial charge in [-0.15, -0.1) is 0 Å². The monoisotopic (exact) mass is 712 g/mol. The highest BCUT2D eigenvalue weighted by Gasteiger charge is 2.35. The minimum Gasteiger partial charge on any atom is -0.401 e. The molecule has 4 aliphatic rings. The predicted molar refractivity (Wildman–Crippen MR) is 191 cm³/mol. The first kappa shape index (κ1) is 38.2. The molecule has 5 heterocycles. The topological polar surface area (TPSA) is 143 Å². The van der Waals surface area contributed by atoms with Crippen molar-refractivity contribution in [3.05, 3.63) is 52.0 Å². The van der Waals surface area contributed by atoms with E-state index < -0.39 is 18.4 Å². The summed E-state index contributed by atoms with van der Waals surface area (Å²) >= 11 is 0. The number of alkyl halides is 2. The number of rotatable bonds is 9. The molecule has 1 unspecified atom stereocenters. The van der Waals surface area contributed by atoms with Crippen molar-refractivity contribution >= 4 is 29.6 Å². The minimum absolute atomic E-state index is 0. The molecule has 0 bridgehead atoms. The second-order valence-corrected chi connectivity index (χ2v) is 14.4. The number of nitrogens with two attached hydrogens (primary N) is 2. The van der Waals surface area contributed by atoms with Gasteiger partial charge in [-0.1, -0.05) is 21.3 Å². The maximum atomic E-state index is 14.8. The maximum Gasteiger partial charge on any atom is 0.264 e. The van der Waals surface area contributed by atoms with Gasteiger partial charge in [0.1, 0.15) is 12.3 Å². The first-order valence-electron chi connectivity index (χ1n) is 17.9. The van der Waals surface area contributed by atoms with E-state index in [2.05, 4.69) is 4.68 Å². The Labute approximate surface area is 299 Å². The molecule has 2 fully saturated rings. The van der Waals surface area contributed by atoms with Gasteiger partial charge in [0.2, 0.25) is 5.91 Å². The van der Waals surface area contributed by atoms with Crippen molar-refractivity contribution in [1.29, 1.82) is 0 Å². The lowest BCUT2D eigenvalue weighted by molar-refractivity contribution is -0.129. The molecule has 2 saturated heterocycles. The van der Waals surface area contributed by atoms with E-state index in [0.717, 1.165) is 42.4 Å². The van der Waals surface area contributed by atoms with E-state index in [9.17, 15) is 23.2 Å². The molecule has 280 valence electrons. The van der Waals surface area contributed by atoms with Crippen LogP contribution in [0.4, 0.5) is 20.3 Å². The number of hydrogen-bond donors (Lipinski definition) is 2. The lowest BCUT2D eigenvalue weighted by Crippen LogP contribution is -2.43. The third-order valence-electron chi connectivity index (χ3n) is 10.9. The summed E-state index contributed by atoms with van der Waals surface area (Å²) in [6.45, 7) is 9.02. The first-order chi connectivity index (χ1) is 24.0. The molecule has 1 aromatic carbocycles. The molecule has 0 radical (unpaired) electrons. The number of carbonyl (C=O) groups is 3. The molecule has 2 aromatic rings. The van der Waals surface area contributed by atoms with Gasteiger partial charge in [0.25, 0.3) is 12.3 Å². The van der Waals surface area contributed by atoms with E-state index in [1.807, 2.05) is 23.6 Å². The Morgan fingerprint density at radius 2 is 1.75 bits per heavy atom. The molecular formula is C37H54F2N8O4. The Morgan fingerprint density at radius 1 is 1.04 bits per heavy atom. The molecule has 12 nitrogen and oxygen atoms in total. The van der Waals surface area contributed by atoms with Gasteiger partial charge in [-0.05, 0) is 62.1 Å². The average molecular weight is 713 g/mol. The van der Waals surface area contributed by atoms with Crippen molar-refractivity contribution in [3.63, 3.8) is 0 Å². The largest absolute Gasteiger partial charge is 0.401 e. The summed E-state index contributed by atoms with van der Waals surface area (Å²) in [5, 5.41) is 6.48. The van der Waals surface area contributed by atoms with E-state index in [0.29, 0.717) is 88.8 Å². The van der Waals surface area contributed by atoms with Crippen LogP contribution in [0.5, 0.6) is 0 Å². The second kappa shape index (κ2) is 16.1. The standard InChI is InChI=1S/C36H50F2N8O4.CH4/c1-22(2)33(21-47)45(40)20-30(39)24-6-12-42(13-7-24)36(49)28-17-25-5-4-11-44(32(25)18-27(28)34(37)38)35-29-19-43(23(3)48)14-8-31(29)46(41-35)26-9-15-50-16-10-26;/h17-18,20-22,24,26,33-34H,4-16,19,39-40H2,1-3H3;1H4/b30-20-;. The van der Waals surface area contributed by atoms with E-state index in [-0.39, 0.29) is 42.3 Å². The highest BCUT2D eigenvalue weighted by Crippen LogP contribution is 2.42. The molecule has 0 aliphatic carbocycles. The van der Waals surface area contributed by atoms with Crippen LogP contribution in [0.3, 0.4) is 0 Å².